The van der Waals surface area contributed by atoms with E-state index in [1.54, 1.807) is 0 Å². The lowest BCUT2D eigenvalue weighted by atomic mass is 9.86. The lowest BCUT2D eigenvalue weighted by molar-refractivity contribution is -0.125. The predicted molar refractivity (Wildman–Crippen MR) is 91.4 cm³/mol. The van der Waals surface area contributed by atoms with Gasteiger partial charge < -0.3 is 11.1 Å². The van der Waals surface area contributed by atoms with Crippen molar-refractivity contribution < 1.29 is 4.79 Å². The molecule has 2 heterocycles. The van der Waals surface area contributed by atoms with Gasteiger partial charge in [0, 0.05) is 13.0 Å². The first-order chi connectivity index (χ1) is 9.32. The standard InChI is InChI=1S/C14H25N5O.2ClH/c1-5-10-17-12-9(7-6-8-19(12)18-10)16-13(20)11(15)14(2,3)4;;/h9,11H,5-8,15H2,1-4H3,(H,16,20);2*1H/t9?,11-;;/m1../s1. The molecule has 0 radical (unpaired) electrons. The molecule has 1 unspecified atom stereocenters. The first-order valence-electron chi connectivity index (χ1n) is 7.32. The number of nitrogens with two attached hydrogens (primary N) is 1. The lowest BCUT2D eigenvalue weighted by Crippen LogP contribution is -2.50. The molecule has 0 saturated carbocycles. The van der Waals surface area contributed by atoms with Crippen LogP contribution in [-0.2, 0) is 17.8 Å². The number of fused-ring (bicyclic) bond motifs is 1. The van der Waals surface area contributed by atoms with Crippen LogP contribution in [0.3, 0.4) is 0 Å². The van der Waals surface area contributed by atoms with Crippen molar-refractivity contribution in [2.24, 2.45) is 11.1 Å². The van der Waals surface area contributed by atoms with Crippen LogP contribution in [0.2, 0.25) is 0 Å². The van der Waals surface area contributed by atoms with E-state index in [9.17, 15) is 4.79 Å². The Morgan fingerprint density at radius 3 is 2.64 bits per heavy atom. The molecule has 2 rings (SSSR count). The van der Waals surface area contributed by atoms with Crippen LogP contribution in [0.1, 0.15) is 58.2 Å². The molecule has 22 heavy (non-hydrogen) atoms. The van der Waals surface area contributed by atoms with Crippen LogP contribution in [-0.4, -0.2) is 26.7 Å². The molecule has 0 fully saturated rings. The van der Waals surface area contributed by atoms with Crippen LogP contribution < -0.4 is 11.1 Å². The number of rotatable bonds is 3. The molecule has 0 saturated heterocycles. The highest BCUT2D eigenvalue weighted by molar-refractivity contribution is 5.85. The van der Waals surface area contributed by atoms with Gasteiger partial charge in [0.25, 0.3) is 0 Å². The fraction of sp³-hybridized carbons (Fsp3) is 0.786. The number of hydrogen-bond donors (Lipinski definition) is 2. The summed E-state index contributed by atoms with van der Waals surface area (Å²) in [6.45, 7) is 8.81. The molecule has 128 valence electrons. The minimum absolute atomic E-state index is 0. The maximum Gasteiger partial charge on any atom is 0.238 e. The molecule has 1 aromatic heterocycles. The zero-order chi connectivity index (χ0) is 14.9. The number of halogens is 2. The molecule has 0 bridgehead atoms. The average Bonchev–Trinajstić information content (AvgIpc) is 2.80. The Kier molecular flexibility index (Phi) is 7.81. The summed E-state index contributed by atoms with van der Waals surface area (Å²) in [6, 6.07) is -0.594. The van der Waals surface area contributed by atoms with Crippen molar-refractivity contribution in [3.8, 4) is 0 Å². The molecule has 1 aliphatic heterocycles. The number of aryl methyl sites for hydroxylation is 2. The Labute approximate surface area is 144 Å². The van der Waals surface area contributed by atoms with E-state index in [1.807, 2.05) is 32.4 Å². The van der Waals surface area contributed by atoms with E-state index in [1.165, 1.54) is 0 Å². The van der Waals surface area contributed by atoms with Gasteiger partial charge in [0.15, 0.2) is 5.82 Å². The summed E-state index contributed by atoms with van der Waals surface area (Å²) >= 11 is 0. The monoisotopic (exact) mass is 351 g/mol. The summed E-state index contributed by atoms with van der Waals surface area (Å²) < 4.78 is 1.91. The Hall–Kier alpha value is -0.850. The first-order valence-corrected chi connectivity index (χ1v) is 7.32. The zero-order valence-electron chi connectivity index (χ0n) is 13.6. The van der Waals surface area contributed by atoms with Gasteiger partial charge in [-0.05, 0) is 18.3 Å². The van der Waals surface area contributed by atoms with Gasteiger partial charge in [-0.2, -0.15) is 5.10 Å². The Bertz CT molecular complexity index is 498. The molecule has 1 amide bonds. The van der Waals surface area contributed by atoms with Gasteiger partial charge in [-0.25, -0.2) is 9.67 Å². The largest absolute Gasteiger partial charge is 0.345 e. The number of amides is 1. The Balaban J connectivity index is 0.00000220. The SMILES string of the molecule is CCc1nc2n(n1)CCCC2NC(=O)[C@@H](N)C(C)(C)C.Cl.Cl. The van der Waals surface area contributed by atoms with Crippen molar-refractivity contribution >= 4 is 30.7 Å². The van der Waals surface area contributed by atoms with Gasteiger partial charge in [0.05, 0.1) is 12.1 Å². The molecule has 3 N–H and O–H groups in total. The summed E-state index contributed by atoms with van der Waals surface area (Å²) in [4.78, 5) is 16.8. The molecule has 0 aliphatic carbocycles. The van der Waals surface area contributed by atoms with Crippen LogP contribution in [0.5, 0.6) is 0 Å². The molecule has 6 nitrogen and oxygen atoms in total. The van der Waals surface area contributed by atoms with Crippen LogP contribution in [0.15, 0.2) is 0 Å². The van der Waals surface area contributed by atoms with Crippen molar-refractivity contribution in [1.82, 2.24) is 20.1 Å². The number of aromatic nitrogens is 3. The second-order valence-corrected chi connectivity index (χ2v) is 6.51. The van der Waals surface area contributed by atoms with Gasteiger partial charge >= 0.3 is 0 Å². The van der Waals surface area contributed by atoms with Gasteiger partial charge in [-0.3, -0.25) is 4.79 Å². The molecule has 0 spiro atoms. The third-order valence-corrected chi connectivity index (χ3v) is 3.77. The number of carbonyl (C=O) groups excluding carboxylic acids is 1. The number of nitrogens with zero attached hydrogens (tertiary/aromatic N) is 3. The molecule has 2 atom stereocenters. The van der Waals surface area contributed by atoms with Gasteiger partial charge in [-0.1, -0.05) is 27.7 Å². The van der Waals surface area contributed by atoms with E-state index < -0.39 is 6.04 Å². The van der Waals surface area contributed by atoms with Gasteiger partial charge in [0.1, 0.15) is 5.82 Å². The van der Waals surface area contributed by atoms with Crippen molar-refractivity contribution in [3.05, 3.63) is 11.6 Å². The average molecular weight is 352 g/mol. The Morgan fingerprint density at radius 1 is 1.45 bits per heavy atom. The fourth-order valence-corrected chi connectivity index (χ4v) is 2.34. The number of hydrogen-bond acceptors (Lipinski definition) is 4. The molecule has 1 aliphatic rings. The third kappa shape index (κ3) is 4.57. The highest BCUT2D eigenvalue weighted by Crippen LogP contribution is 2.24. The predicted octanol–water partition coefficient (Wildman–Crippen LogP) is 2.01. The highest BCUT2D eigenvalue weighted by atomic mass is 35.5. The minimum atomic E-state index is -0.522. The summed E-state index contributed by atoms with van der Waals surface area (Å²) in [5.74, 6) is 1.58. The van der Waals surface area contributed by atoms with E-state index in [2.05, 4.69) is 15.4 Å². The van der Waals surface area contributed by atoms with E-state index in [-0.39, 0.29) is 42.2 Å². The molecular formula is C14H27Cl2N5O. The second kappa shape index (κ2) is 8.13. The molecule has 0 aromatic carbocycles. The quantitative estimate of drug-likeness (QED) is 0.871. The maximum atomic E-state index is 12.3. The van der Waals surface area contributed by atoms with E-state index >= 15 is 0 Å². The van der Waals surface area contributed by atoms with E-state index in [0.29, 0.717) is 0 Å². The fourth-order valence-electron chi connectivity index (χ4n) is 2.34. The minimum Gasteiger partial charge on any atom is -0.345 e. The summed E-state index contributed by atoms with van der Waals surface area (Å²) in [7, 11) is 0. The van der Waals surface area contributed by atoms with E-state index in [4.69, 9.17) is 5.73 Å². The topological polar surface area (TPSA) is 85.8 Å². The van der Waals surface area contributed by atoms with Gasteiger partial charge in [0.2, 0.25) is 5.91 Å². The summed E-state index contributed by atoms with van der Waals surface area (Å²) in [5, 5.41) is 7.47. The van der Waals surface area contributed by atoms with E-state index in [0.717, 1.165) is 37.5 Å². The van der Waals surface area contributed by atoms with Crippen LogP contribution in [0.4, 0.5) is 0 Å². The smallest absolute Gasteiger partial charge is 0.238 e. The van der Waals surface area contributed by atoms with Crippen molar-refractivity contribution in [2.75, 3.05) is 0 Å². The van der Waals surface area contributed by atoms with Crippen molar-refractivity contribution in [2.45, 2.75) is 65.6 Å². The normalized spacial score (nSPS) is 18.5. The van der Waals surface area contributed by atoms with Crippen molar-refractivity contribution in [3.63, 3.8) is 0 Å². The molecule has 1 aromatic rings. The lowest BCUT2D eigenvalue weighted by Gasteiger charge is -2.29. The van der Waals surface area contributed by atoms with Crippen LogP contribution >= 0.6 is 24.8 Å². The first kappa shape index (κ1) is 21.1. The number of nitrogens with one attached hydrogen (secondary N) is 1. The molecular weight excluding hydrogens is 325 g/mol. The van der Waals surface area contributed by atoms with Gasteiger partial charge in [-0.15, -0.1) is 24.8 Å². The summed E-state index contributed by atoms with van der Waals surface area (Å²) in [5.41, 5.74) is 5.76. The number of carbonyl (C=O) groups is 1. The van der Waals surface area contributed by atoms with Crippen molar-refractivity contribution in [1.29, 1.82) is 0 Å². The second-order valence-electron chi connectivity index (χ2n) is 6.51. The zero-order valence-corrected chi connectivity index (χ0v) is 15.3. The Morgan fingerprint density at radius 2 is 2.09 bits per heavy atom. The van der Waals surface area contributed by atoms with Crippen LogP contribution in [0, 0.1) is 5.41 Å². The highest BCUT2D eigenvalue weighted by Gasteiger charge is 2.31. The summed E-state index contributed by atoms with van der Waals surface area (Å²) in [6.07, 6.45) is 2.70. The maximum absolute atomic E-state index is 12.3. The third-order valence-electron chi connectivity index (χ3n) is 3.77. The molecule has 8 heteroatoms. The van der Waals surface area contributed by atoms with Crippen LogP contribution in [0.25, 0.3) is 0 Å².